The number of hydrogen-bond acceptors (Lipinski definition) is 4. The lowest BCUT2D eigenvalue weighted by molar-refractivity contribution is -0.390. The molecular formula is C7H10BrN3O3. The van der Waals surface area contributed by atoms with Crippen LogP contribution < -0.4 is 0 Å². The molecule has 0 saturated carbocycles. The van der Waals surface area contributed by atoms with Crippen LogP contribution >= 0.6 is 15.9 Å². The molecule has 78 valence electrons. The monoisotopic (exact) mass is 263 g/mol. The quantitative estimate of drug-likeness (QED) is 0.662. The first-order valence-electron chi connectivity index (χ1n) is 4.00. The minimum Gasteiger partial charge on any atom is -0.391 e. The van der Waals surface area contributed by atoms with Crippen molar-refractivity contribution in [3.63, 3.8) is 0 Å². The van der Waals surface area contributed by atoms with Crippen LogP contribution in [0.1, 0.15) is 19.9 Å². The minimum atomic E-state index is -0.610. The van der Waals surface area contributed by atoms with E-state index in [9.17, 15) is 15.2 Å². The molecule has 0 aromatic carbocycles. The van der Waals surface area contributed by atoms with Crippen molar-refractivity contribution in [2.45, 2.75) is 26.0 Å². The van der Waals surface area contributed by atoms with Gasteiger partial charge in [-0.3, -0.25) is 0 Å². The highest BCUT2D eigenvalue weighted by Crippen LogP contribution is 2.24. The molecule has 0 aliphatic heterocycles. The zero-order valence-electron chi connectivity index (χ0n) is 7.72. The Bertz CT molecular complexity index is 350. The summed E-state index contributed by atoms with van der Waals surface area (Å²) in [7, 11) is 0. The fraction of sp³-hybridized carbons (Fsp3) is 0.571. The van der Waals surface area contributed by atoms with E-state index in [2.05, 4.69) is 21.0 Å². The van der Waals surface area contributed by atoms with Crippen molar-refractivity contribution < 1.29 is 10.0 Å². The topological polar surface area (TPSA) is 81.2 Å². The van der Waals surface area contributed by atoms with E-state index in [4.69, 9.17) is 0 Å². The van der Waals surface area contributed by atoms with Crippen LogP contribution in [0, 0.1) is 10.1 Å². The molecule has 0 spiro atoms. The third kappa shape index (κ3) is 2.10. The molecule has 0 radical (unpaired) electrons. The zero-order valence-corrected chi connectivity index (χ0v) is 9.30. The van der Waals surface area contributed by atoms with Crippen LogP contribution in [-0.2, 0) is 0 Å². The molecule has 6 nitrogen and oxygen atoms in total. The molecule has 0 bridgehead atoms. The van der Waals surface area contributed by atoms with Crippen LogP contribution in [0.3, 0.4) is 0 Å². The fourth-order valence-corrected chi connectivity index (χ4v) is 1.35. The normalized spacial score (nSPS) is 15.1. The summed E-state index contributed by atoms with van der Waals surface area (Å²) in [5, 5.41) is 23.5. The number of hydrogen-bond donors (Lipinski definition) is 1. The van der Waals surface area contributed by atoms with Crippen molar-refractivity contribution in [3.05, 3.63) is 20.8 Å². The number of nitro groups is 1. The number of nitrogens with zero attached hydrogens (tertiary/aromatic N) is 3. The predicted octanol–water partition coefficient (Wildman–Crippen LogP) is 1.50. The molecule has 1 aromatic heterocycles. The molecule has 0 aliphatic rings. The van der Waals surface area contributed by atoms with E-state index in [1.807, 2.05) is 0 Å². The van der Waals surface area contributed by atoms with Crippen LogP contribution in [0.2, 0.25) is 0 Å². The zero-order chi connectivity index (χ0) is 10.9. The number of halogens is 1. The lowest BCUT2D eigenvalue weighted by Crippen LogP contribution is -2.18. The van der Waals surface area contributed by atoms with Crippen molar-refractivity contribution in [1.82, 2.24) is 9.78 Å². The Balaban J connectivity index is 3.02. The molecule has 0 saturated heterocycles. The average molecular weight is 264 g/mol. The number of aromatic nitrogens is 2. The second kappa shape index (κ2) is 4.05. The Hall–Kier alpha value is -0.950. The van der Waals surface area contributed by atoms with Gasteiger partial charge in [0.05, 0.1) is 23.4 Å². The van der Waals surface area contributed by atoms with E-state index < -0.39 is 11.0 Å². The number of aliphatic hydroxyl groups excluding tert-OH is 1. The summed E-state index contributed by atoms with van der Waals surface area (Å²) in [4.78, 5) is 9.89. The summed E-state index contributed by atoms with van der Waals surface area (Å²) >= 11 is 3.03. The molecule has 0 aliphatic carbocycles. The lowest BCUT2D eigenvalue weighted by atomic mass is 10.2. The Labute approximate surface area is 88.8 Å². The van der Waals surface area contributed by atoms with Gasteiger partial charge in [0.1, 0.15) is 4.47 Å². The van der Waals surface area contributed by atoms with Crippen LogP contribution in [0.25, 0.3) is 0 Å². The third-order valence-electron chi connectivity index (χ3n) is 1.96. The van der Waals surface area contributed by atoms with Crippen LogP contribution in [-0.4, -0.2) is 25.9 Å². The molecular weight excluding hydrogens is 254 g/mol. The maximum Gasteiger partial charge on any atom is 0.404 e. The van der Waals surface area contributed by atoms with E-state index in [1.54, 1.807) is 13.8 Å². The summed E-state index contributed by atoms with van der Waals surface area (Å²) in [5.41, 5.74) is 0. The first kappa shape index (κ1) is 11.1. The first-order chi connectivity index (χ1) is 6.43. The fourth-order valence-electron chi connectivity index (χ4n) is 0.913. The Morgan fingerprint density at radius 3 is 2.64 bits per heavy atom. The van der Waals surface area contributed by atoms with E-state index in [-0.39, 0.29) is 11.9 Å². The van der Waals surface area contributed by atoms with Crippen LogP contribution in [0.15, 0.2) is 10.7 Å². The lowest BCUT2D eigenvalue weighted by Gasteiger charge is -2.10. The molecule has 0 fully saturated rings. The van der Waals surface area contributed by atoms with Gasteiger partial charge in [0.25, 0.3) is 0 Å². The molecule has 2 unspecified atom stereocenters. The highest BCUT2D eigenvalue weighted by atomic mass is 79.9. The molecule has 1 heterocycles. The Kier molecular flexibility index (Phi) is 3.22. The van der Waals surface area contributed by atoms with Crippen molar-refractivity contribution in [1.29, 1.82) is 0 Å². The maximum atomic E-state index is 10.5. The minimum absolute atomic E-state index is 0.238. The molecule has 7 heteroatoms. The third-order valence-corrected chi connectivity index (χ3v) is 2.52. The highest BCUT2D eigenvalue weighted by molar-refractivity contribution is 9.10. The van der Waals surface area contributed by atoms with Gasteiger partial charge in [-0.25, -0.2) is 0 Å². The van der Waals surface area contributed by atoms with Crippen molar-refractivity contribution in [2.75, 3.05) is 0 Å². The number of rotatable bonds is 3. The van der Waals surface area contributed by atoms with E-state index >= 15 is 0 Å². The van der Waals surface area contributed by atoms with Gasteiger partial charge in [-0.1, -0.05) is 0 Å². The number of aliphatic hydroxyl groups is 1. The van der Waals surface area contributed by atoms with Crippen LogP contribution in [0.5, 0.6) is 0 Å². The molecule has 1 N–H and O–H groups in total. The molecule has 14 heavy (non-hydrogen) atoms. The molecule has 1 aromatic rings. The van der Waals surface area contributed by atoms with E-state index in [0.717, 1.165) is 0 Å². The smallest absolute Gasteiger partial charge is 0.391 e. The second-order valence-corrected chi connectivity index (χ2v) is 3.87. The standard InChI is InChI=1S/C7H10BrN3O3/c1-4(5(2)12)10-3-6(8)7(9-10)11(13)14/h3-5,12H,1-2H3. The highest BCUT2D eigenvalue weighted by Gasteiger charge is 2.23. The van der Waals surface area contributed by atoms with Gasteiger partial charge < -0.3 is 15.2 Å². The molecule has 0 amide bonds. The van der Waals surface area contributed by atoms with Crippen molar-refractivity contribution in [3.8, 4) is 0 Å². The van der Waals surface area contributed by atoms with Crippen LogP contribution in [0.4, 0.5) is 5.82 Å². The molecule has 2 atom stereocenters. The van der Waals surface area contributed by atoms with Crippen molar-refractivity contribution >= 4 is 21.7 Å². The predicted molar refractivity (Wildman–Crippen MR) is 53.0 cm³/mol. The summed E-state index contributed by atoms with van der Waals surface area (Å²) < 4.78 is 1.68. The van der Waals surface area contributed by atoms with Gasteiger partial charge in [-0.2, -0.15) is 4.68 Å². The van der Waals surface area contributed by atoms with E-state index in [1.165, 1.54) is 10.9 Å². The second-order valence-electron chi connectivity index (χ2n) is 3.02. The summed E-state index contributed by atoms with van der Waals surface area (Å²) in [6.45, 7) is 3.33. The van der Waals surface area contributed by atoms with Gasteiger partial charge in [0.2, 0.25) is 0 Å². The van der Waals surface area contributed by atoms with Gasteiger partial charge in [0, 0.05) is 0 Å². The van der Waals surface area contributed by atoms with Gasteiger partial charge >= 0.3 is 5.82 Å². The van der Waals surface area contributed by atoms with Gasteiger partial charge in [-0.05, 0) is 34.7 Å². The summed E-state index contributed by atoms with van der Waals surface area (Å²) in [5.74, 6) is -0.238. The van der Waals surface area contributed by atoms with Gasteiger partial charge in [0.15, 0.2) is 0 Å². The average Bonchev–Trinajstić information content (AvgIpc) is 2.45. The van der Waals surface area contributed by atoms with Gasteiger partial charge in [-0.15, -0.1) is 0 Å². The summed E-state index contributed by atoms with van der Waals surface area (Å²) in [6, 6.07) is -0.292. The SMILES string of the molecule is CC(O)C(C)n1cc(Br)c([N+](=O)[O-])n1. The molecule has 1 rings (SSSR count). The van der Waals surface area contributed by atoms with Crippen molar-refractivity contribution in [2.24, 2.45) is 0 Å². The Morgan fingerprint density at radius 1 is 1.71 bits per heavy atom. The van der Waals surface area contributed by atoms with E-state index in [0.29, 0.717) is 4.47 Å². The first-order valence-corrected chi connectivity index (χ1v) is 4.80. The Morgan fingerprint density at radius 2 is 2.29 bits per heavy atom. The summed E-state index contributed by atoms with van der Waals surface area (Å²) in [6.07, 6.45) is 0.872. The largest absolute Gasteiger partial charge is 0.404 e. The maximum absolute atomic E-state index is 10.5.